The molecule has 176 valence electrons. The summed E-state index contributed by atoms with van der Waals surface area (Å²) in [6.45, 7) is 1.10. The molecule has 0 saturated heterocycles. The van der Waals surface area contributed by atoms with Gasteiger partial charge in [0.05, 0.1) is 22.8 Å². The molecule has 3 aromatic heterocycles. The van der Waals surface area contributed by atoms with E-state index in [0.717, 1.165) is 38.2 Å². The maximum Gasteiger partial charge on any atom is 0.224 e. The number of thiophene rings is 1. The Morgan fingerprint density at radius 2 is 1.80 bits per heavy atom. The number of benzene rings is 2. The molecule has 6 nitrogen and oxygen atoms in total. The monoisotopic (exact) mass is 565 g/mol. The van der Waals surface area contributed by atoms with Gasteiger partial charge in [-0.2, -0.15) is 21.0 Å². The number of nitrogens with zero attached hydrogens (tertiary/aromatic N) is 3. The summed E-state index contributed by atoms with van der Waals surface area (Å²) in [6.07, 6.45) is 2.14. The van der Waals surface area contributed by atoms with Gasteiger partial charge in [-0.25, -0.2) is 4.98 Å². The molecule has 0 atom stereocenters. The Hall–Kier alpha value is -3.20. The first-order chi connectivity index (χ1) is 17.1. The van der Waals surface area contributed by atoms with Crippen molar-refractivity contribution in [2.24, 2.45) is 0 Å². The van der Waals surface area contributed by atoms with E-state index in [1.807, 2.05) is 59.3 Å². The summed E-state index contributed by atoms with van der Waals surface area (Å²) in [4.78, 5) is 16.9. The molecule has 3 heterocycles. The van der Waals surface area contributed by atoms with E-state index in [1.165, 1.54) is 0 Å². The van der Waals surface area contributed by atoms with E-state index in [9.17, 15) is 4.79 Å². The van der Waals surface area contributed by atoms with Crippen molar-refractivity contribution in [3.63, 3.8) is 0 Å². The van der Waals surface area contributed by atoms with Crippen LogP contribution in [0.1, 0.15) is 16.7 Å². The van der Waals surface area contributed by atoms with Crippen molar-refractivity contribution in [1.82, 2.24) is 19.9 Å². The Balaban J connectivity index is 1.27. The van der Waals surface area contributed by atoms with Gasteiger partial charge in [0, 0.05) is 29.7 Å². The van der Waals surface area contributed by atoms with Crippen molar-refractivity contribution in [3.8, 4) is 11.3 Å². The fourth-order valence-electron chi connectivity index (χ4n) is 3.68. The molecule has 0 saturated carbocycles. The van der Waals surface area contributed by atoms with Crippen LogP contribution in [0.5, 0.6) is 0 Å². The van der Waals surface area contributed by atoms with Crippen LogP contribution < -0.4 is 10.6 Å². The minimum atomic E-state index is 0.0237. The number of halogens is 2. The highest BCUT2D eigenvalue weighted by Gasteiger charge is 2.13. The quantitative estimate of drug-likeness (QED) is 0.230. The van der Waals surface area contributed by atoms with Crippen LogP contribution in [0.4, 0.5) is 5.82 Å². The van der Waals surface area contributed by atoms with Crippen LogP contribution in [0.25, 0.3) is 16.9 Å². The van der Waals surface area contributed by atoms with Crippen LogP contribution in [0.15, 0.2) is 82.1 Å². The van der Waals surface area contributed by atoms with E-state index in [4.69, 9.17) is 16.6 Å². The fraction of sp³-hybridized carbons (Fsp3) is 0.115. The van der Waals surface area contributed by atoms with Crippen LogP contribution >= 0.6 is 38.9 Å². The average Bonchev–Trinajstić information content (AvgIpc) is 3.52. The van der Waals surface area contributed by atoms with Crippen LogP contribution in [-0.2, 0) is 24.3 Å². The molecule has 2 N–H and O–H groups in total. The molecule has 0 bridgehead atoms. The highest BCUT2D eigenvalue weighted by Crippen LogP contribution is 2.30. The molecule has 5 rings (SSSR count). The summed E-state index contributed by atoms with van der Waals surface area (Å²) in [7, 11) is 0. The van der Waals surface area contributed by atoms with Crippen molar-refractivity contribution < 1.29 is 4.79 Å². The van der Waals surface area contributed by atoms with E-state index in [2.05, 4.69) is 43.8 Å². The van der Waals surface area contributed by atoms with Crippen LogP contribution in [0.2, 0.25) is 5.02 Å². The predicted molar refractivity (Wildman–Crippen MR) is 145 cm³/mol. The third-order valence-electron chi connectivity index (χ3n) is 5.51. The molecule has 0 unspecified atom stereocenters. The zero-order valence-corrected chi connectivity index (χ0v) is 21.7. The first-order valence-corrected chi connectivity index (χ1v) is 13.1. The molecule has 2 aromatic carbocycles. The average molecular weight is 567 g/mol. The number of rotatable bonds is 8. The maximum atomic E-state index is 12.1. The van der Waals surface area contributed by atoms with Crippen LogP contribution in [0, 0.1) is 0 Å². The smallest absolute Gasteiger partial charge is 0.224 e. The van der Waals surface area contributed by atoms with Crippen molar-refractivity contribution in [1.29, 1.82) is 0 Å². The van der Waals surface area contributed by atoms with Gasteiger partial charge in [0.1, 0.15) is 5.82 Å². The summed E-state index contributed by atoms with van der Waals surface area (Å²) >= 11 is 11.6. The number of fused-ring (bicyclic) bond motifs is 1. The van der Waals surface area contributed by atoms with Gasteiger partial charge in [-0.3, -0.25) is 4.79 Å². The van der Waals surface area contributed by atoms with Gasteiger partial charge in [0.2, 0.25) is 5.91 Å². The number of nitrogens with one attached hydrogen (secondary N) is 2. The van der Waals surface area contributed by atoms with Gasteiger partial charge < -0.3 is 10.6 Å². The number of carbonyl (C=O) groups excluding carboxylic acids is 1. The van der Waals surface area contributed by atoms with Gasteiger partial charge in [-0.15, -0.1) is 0 Å². The molecule has 5 aromatic rings. The summed E-state index contributed by atoms with van der Waals surface area (Å²) in [5.41, 5.74) is 5.53. The zero-order valence-electron chi connectivity index (χ0n) is 18.5. The first-order valence-electron chi connectivity index (χ1n) is 11.0. The zero-order chi connectivity index (χ0) is 24.2. The molecule has 1 amide bonds. The number of carbonyl (C=O) groups is 1. The van der Waals surface area contributed by atoms with Crippen molar-refractivity contribution in [2.45, 2.75) is 19.5 Å². The van der Waals surface area contributed by atoms with E-state index < -0.39 is 0 Å². The largest absolute Gasteiger partial charge is 0.366 e. The van der Waals surface area contributed by atoms with E-state index in [0.29, 0.717) is 30.2 Å². The molecule has 9 heteroatoms. The Kier molecular flexibility index (Phi) is 7.13. The van der Waals surface area contributed by atoms with Gasteiger partial charge in [-0.1, -0.05) is 54.1 Å². The molecule has 0 aliphatic heterocycles. The lowest BCUT2D eigenvalue weighted by molar-refractivity contribution is -0.120. The van der Waals surface area contributed by atoms with Gasteiger partial charge >= 0.3 is 0 Å². The SMILES string of the molecule is O=C(Cc1ccsc1)NCc1ccc(CNc2cc(-c3ccccc3Cl)nc3c(Br)cnn23)cc1. The Bertz CT molecular complexity index is 1470. The second-order valence-electron chi connectivity index (χ2n) is 7.99. The Labute approximate surface area is 220 Å². The summed E-state index contributed by atoms with van der Waals surface area (Å²) in [6, 6.07) is 19.7. The summed E-state index contributed by atoms with van der Waals surface area (Å²) in [5, 5.41) is 15.5. The lowest BCUT2D eigenvalue weighted by Crippen LogP contribution is -2.24. The molecule has 0 aliphatic carbocycles. The minimum Gasteiger partial charge on any atom is -0.366 e. The number of anilines is 1. The summed E-state index contributed by atoms with van der Waals surface area (Å²) in [5.74, 6) is 0.830. The minimum absolute atomic E-state index is 0.0237. The van der Waals surface area contributed by atoms with Crippen molar-refractivity contribution in [2.75, 3.05) is 5.32 Å². The number of hydrogen-bond acceptors (Lipinski definition) is 5. The Morgan fingerprint density at radius 3 is 2.54 bits per heavy atom. The Morgan fingerprint density at radius 1 is 1.03 bits per heavy atom. The second kappa shape index (κ2) is 10.6. The van der Waals surface area contributed by atoms with E-state index in [-0.39, 0.29) is 5.91 Å². The molecule has 0 fully saturated rings. The van der Waals surface area contributed by atoms with Gasteiger partial charge in [0.25, 0.3) is 0 Å². The molecular formula is C26H21BrClN5OS. The van der Waals surface area contributed by atoms with Crippen molar-refractivity contribution >= 4 is 56.2 Å². The first kappa shape index (κ1) is 23.5. The van der Waals surface area contributed by atoms with Crippen LogP contribution in [0.3, 0.4) is 0 Å². The third kappa shape index (κ3) is 5.56. The second-order valence-corrected chi connectivity index (χ2v) is 10.0. The number of amides is 1. The lowest BCUT2D eigenvalue weighted by atomic mass is 10.1. The normalized spacial score (nSPS) is 11.0. The van der Waals surface area contributed by atoms with Crippen LogP contribution in [-0.4, -0.2) is 20.5 Å². The molecule has 35 heavy (non-hydrogen) atoms. The van der Waals surface area contributed by atoms with Gasteiger partial charge in [-0.05, 0) is 55.5 Å². The molecule has 0 spiro atoms. The highest BCUT2D eigenvalue weighted by atomic mass is 79.9. The predicted octanol–water partition coefficient (Wildman–Crippen LogP) is 6.34. The fourth-order valence-corrected chi connectivity index (χ4v) is 4.93. The van der Waals surface area contributed by atoms with E-state index in [1.54, 1.807) is 22.0 Å². The van der Waals surface area contributed by atoms with E-state index >= 15 is 0 Å². The maximum absolute atomic E-state index is 12.1. The molecular weight excluding hydrogens is 546 g/mol. The number of aromatic nitrogens is 3. The lowest BCUT2D eigenvalue weighted by Gasteiger charge is -2.12. The van der Waals surface area contributed by atoms with Gasteiger partial charge in [0.15, 0.2) is 5.65 Å². The topological polar surface area (TPSA) is 71.3 Å². The molecule has 0 radical (unpaired) electrons. The highest BCUT2D eigenvalue weighted by molar-refractivity contribution is 9.10. The number of hydrogen-bond donors (Lipinski definition) is 2. The third-order valence-corrected chi connectivity index (χ3v) is 7.13. The molecule has 0 aliphatic rings. The standard InChI is InChI=1S/C26H21BrClN5OS/c27-21-15-31-33-24(12-23(32-26(21)33)20-3-1-2-4-22(20)28)29-13-17-5-7-18(8-6-17)14-30-25(34)11-19-9-10-35-16-19/h1-10,12,15-16,29H,11,13-14H2,(H,30,34). The summed E-state index contributed by atoms with van der Waals surface area (Å²) < 4.78 is 2.57. The van der Waals surface area contributed by atoms with Crippen molar-refractivity contribution in [3.05, 3.63) is 104 Å².